The van der Waals surface area contributed by atoms with E-state index in [1.165, 1.54) is 17.8 Å². The third-order valence-electron chi connectivity index (χ3n) is 2.47. The van der Waals surface area contributed by atoms with Gasteiger partial charge in [-0.2, -0.15) is 0 Å². The van der Waals surface area contributed by atoms with Crippen LogP contribution in [0.2, 0.25) is 0 Å². The number of carbonyl (C=O) groups is 1. The summed E-state index contributed by atoms with van der Waals surface area (Å²) in [5.41, 5.74) is 5.31. The normalized spacial score (nSPS) is 16.2. The number of hydrogen-bond acceptors (Lipinski definition) is 4. The van der Waals surface area contributed by atoms with Crippen molar-refractivity contribution in [2.75, 3.05) is 24.5 Å². The second-order valence-electron chi connectivity index (χ2n) is 3.46. The predicted molar refractivity (Wildman–Crippen MR) is 59.2 cm³/mol. The smallest absolute Gasteiger partial charge is 0.186 e. The van der Waals surface area contributed by atoms with Crippen molar-refractivity contribution in [3.05, 3.63) is 17.0 Å². The fourth-order valence-corrected chi connectivity index (χ4v) is 2.69. The lowest BCUT2D eigenvalue weighted by Gasteiger charge is -2.13. The zero-order valence-corrected chi connectivity index (χ0v) is 8.85. The number of rotatable bonds is 3. The monoisotopic (exact) mass is 210 g/mol. The van der Waals surface area contributed by atoms with Crippen LogP contribution in [0.4, 0.5) is 5.00 Å². The van der Waals surface area contributed by atoms with Gasteiger partial charge in [-0.25, -0.2) is 0 Å². The molecule has 0 saturated carbocycles. The topological polar surface area (TPSA) is 46.3 Å². The van der Waals surface area contributed by atoms with Crippen LogP contribution in [0.1, 0.15) is 22.5 Å². The molecule has 76 valence electrons. The van der Waals surface area contributed by atoms with Crippen LogP contribution in [0.25, 0.3) is 0 Å². The van der Waals surface area contributed by atoms with E-state index in [1.54, 1.807) is 11.3 Å². The van der Waals surface area contributed by atoms with Crippen molar-refractivity contribution < 1.29 is 4.79 Å². The zero-order chi connectivity index (χ0) is 9.97. The highest BCUT2D eigenvalue weighted by Crippen LogP contribution is 2.28. The molecule has 0 aliphatic carbocycles. The first kappa shape index (κ1) is 9.68. The summed E-state index contributed by atoms with van der Waals surface area (Å²) in [4.78, 5) is 14.4. The van der Waals surface area contributed by atoms with Gasteiger partial charge in [0.1, 0.15) is 0 Å². The molecule has 2 rings (SSSR count). The summed E-state index contributed by atoms with van der Waals surface area (Å²) in [5.74, 6) is 0.0421. The maximum atomic E-state index is 11.3. The van der Waals surface area contributed by atoms with Crippen molar-refractivity contribution in [2.45, 2.75) is 12.8 Å². The molecule has 0 unspecified atom stereocenters. The average Bonchev–Trinajstić information content (AvgIpc) is 2.86. The van der Waals surface area contributed by atoms with Gasteiger partial charge in [0.2, 0.25) is 0 Å². The van der Waals surface area contributed by atoms with E-state index in [0.29, 0.717) is 0 Å². The Morgan fingerprint density at radius 2 is 2.14 bits per heavy atom. The van der Waals surface area contributed by atoms with Crippen molar-refractivity contribution in [1.82, 2.24) is 0 Å². The molecule has 1 fully saturated rings. The quantitative estimate of drug-likeness (QED) is 0.769. The van der Waals surface area contributed by atoms with E-state index in [1.807, 2.05) is 12.1 Å². The second kappa shape index (κ2) is 4.11. The van der Waals surface area contributed by atoms with E-state index in [4.69, 9.17) is 5.73 Å². The van der Waals surface area contributed by atoms with E-state index in [-0.39, 0.29) is 12.3 Å². The van der Waals surface area contributed by atoms with Gasteiger partial charge in [-0.1, -0.05) is 0 Å². The van der Waals surface area contributed by atoms with E-state index in [0.717, 1.165) is 18.0 Å². The van der Waals surface area contributed by atoms with Gasteiger partial charge in [-0.05, 0) is 25.0 Å². The first-order chi connectivity index (χ1) is 6.81. The third-order valence-corrected chi connectivity index (χ3v) is 3.66. The first-order valence-electron chi connectivity index (χ1n) is 4.89. The molecule has 2 N–H and O–H groups in total. The van der Waals surface area contributed by atoms with Crippen molar-refractivity contribution >= 4 is 22.1 Å². The lowest BCUT2D eigenvalue weighted by molar-refractivity contribution is 0.100. The molecule has 2 heterocycles. The highest BCUT2D eigenvalue weighted by Gasteiger charge is 2.15. The molecular weight excluding hydrogens is 196 g/mol. The minimum absolute atomic E-state index is 0.0421. The summed E-state index contributed by atoms with van der Waals surface area (Å²) in [5, 5.41) is 1.21. The van der Waals surface area contributed by atoms with Crippen LogP contribution in [0.5, 0.6) is 0 Å². The SMILES string of the molecule is NCC(=O)c1ccc(N2CCCC2)s1. The maximum absolute atomic E-state index is 11.3. The van der Waals surface area contributed by atoms with Crippen LogP contribution in [0.15, 0.2) is 12.1 Å². The summed E-state index contributed by atoms with van der Waals surface area (Å²) >= 11 is 1.56. The Balaban J connectivity index is 2.12. The molecular formula is C10H14N2OS. The number of ketones is 1. The lowest BCUT2D eigenvalue weighted by Crippen LogP contribution is -2.16. The van der Waals surface area contributed by atoms with Crippen LogP contribution >= 0.6 is 11.3 Å². The Kier molecular flexibility index (Phi) is 2.84. The van der Waals surface area contributed by atoms with Crippen molar-refractivity contribution in [3.8, 4) is 0 Å². The highest BCUT2D eigenvalue weighted by atomic mass is 32.1. The Morgan fingerprint density at radius 1 is 1.43 bits per heavy atom. The zero-order valence-electron chi connectivity index (χ0n) is 8.03. The van der Waals surface area contributed by atoms with Crippen LogP contribution < -0.4 is 10.6 Å². The van der Waals surface area contributed by atoms with Gasteiger partial charge in [-0.15, -0.1) is 11.3 Å². The molecule has 0 amide bonds. The summed E-state index contributed by atoms with van der Waals surface area (Å²) in [6.07, 6.45) is 2.52. The molecule has 1 aliphatic rings. The Bertz CT molecular complexity index is 329. The van der Waals surface area contributed by atoms with Gasteiger partial charge in [0, 0.05) is 13.1 Å². The highest BCUT2D eigenvalue weighted by molar-refractivity contribution is 7.18. The van der Waals surface area contributed by atoms with Gasteiger partial charge in [0.15, 0.2) is 5.78 Å². The lowest BCUT2D eigenvalue weighted by atomic mass is 10.3. The number of carbonyl (C=O) groups excluding carboxylic acids is 1. The standard InChI is InChI=1S/C10H14N2OS/c11-7-8(13)9-3-4-10(14-9)12-5-1-2-6-12/h3-4H,1-2,5-7,11H2. The molecule has 0 atom stereocenters. The first-order valence-corrected chi connectivity index (χ1v) is 5.71. The van der Waals surface area contributed by atoms with E-state index in [9.17, 15) is 4.79 Å². The van der Waals surface area contributed by atoms with Crippen LogP contribution in [0.3, 0.4) is 0 Å². The van der Waals surface area contributed by atoms with Crippen LogP contribution in [0, 0.1) is 0 Å². The van der Waals surface area contributed by atoms with Gasteiger partial charge in [0.25, 0.3) is 0 Å². The van der Waals surface area contributed by atoms with Gasteiger partial charge >= 0.3 is 0 Å². The van der Waals surface area contributed by atoms with Crippen LogP contribution in [-0.4, -0.2) is 25.4 Å². The second-order valence-corrected chi connectivity index (χ2v) is 4.52. The molecule has 1 aromatic heterocycles. The molecule has 1 saturated heterocycles. The average molecular weight is 210 g/mol. The van der Waals surface area contributed by atoms with Crippen molar-refractivity contribution in [3.63, 3.8) is 0 Å². The predicted octanol–water partition coefficient (Wildman–Crippen LogP) is 1.49. The van der Waals surface area contributed by atoms with Crippen molar-refractivity contribution in [2.24, 2.45) is 5.73 Å². The number of nitrogens with two attached hydrogens (primary N) is 1. The molecule has 3 nitrogen and oxygen atoms in total. The third kappa shape index (κ3) is 1.81. The molecule has 0 bridgehead atoms. The van der Waals surface area contributed by atoms with E-state index >= 15 is 0 Å². The maximum Gasteiger partial charge on any atom is 0.186 e. The summed E-state index contributed by atoms with van der Waals surface area (Å²) in [6.45, 7) is 2.35. The molecule has 14 heavy (non-hydrogen) atoms. The van der Waals surface area contributed by atoms with Gasteiger partial charge < -0.3 is 10.6 Å². The minimum atomic E-state index is 0.0421. The van der Waals surface area contributed by atoms with Gasteiger partial charge in [-0.3, -0.25) is 4.79 Å². The van der Waals surface area contributed by atoms with E-state index in [2.05, 4.69) is 4.90 Å². The molecule has 1 aromatic rings. The summed E-state index contributed by atoms with van der Waals surface area (Å²) in [7, 11) is 0. The number of nitrogens with zero attached hydrogens (tertiary/aromatic N) is 1. The van der Waals surface area contributed by atoms with Crippen molar-refractivity contribution in [1.29, 1.82) is 0 Å². The van der Waals surface area contributed by atoms with E-state index < -0.39 is 0 Å². The molecule has 0 spiro atoms. The fourth-order valence-electron chi connectivity index (χ4n) is 1.69. The summed E-state index contributed by atoms with van der Waals surface area (Å²) < 4.78 is 0. The molecule has 4 heteroatoms. The summed E-state index contributed by atoms with van der Waals surface area (Å²) in [6, 6.07) is 3.91. The number of thiophene rings is 1. The number of Topliss-reactive ketones (excluding diaryl/α,β-unsaturated/α-hetero) is 1. The molecule has 0 radical (unpaired) electrons. The molecule has 0 aromatic carbocycles. The minimum Gasteiger partial charge on any atom is -0.363 e. The Hall–Kier alpha value is -0.870. The molecule has 1 aliphatic heterocycles. The largest absolute Gasteiger partial charge is 0.363 e. The number of hydrogen-bond donors (Lipinski definition) is 1. The fraction of sp³-hybridized carbons (Fsp3) is 0.500. The van der Waals surface area contributed by atoms with Gasteiger partial charge in [0.05, 0.1) is 16.4 Å². The van der Waals surface area contributed by atoms with Crippen LogP contribution in [-0.2, 0) is 0 Å². The number of anilines is 1. The Morgan fingerprint density at radius 3 is 2.79 bits per heavy atom. The Labute approximate surface area is 87.5 Å².